The molecule has 1 aromatic carbocycles. The summed E-state index contributed by atoms with van der Waals surface area (Å²) >= 11 is 0. The summed E-state index contributed by atoms with van der Waals surface area (Å²) in [6.07, 6.45) is 2.13. The molecule has 150 valence electrons. The lowest BCUT2D eigenvalue weighted by Crippen LogP contribution is -2.40. The number of carbonyl (C=O) groups excluding carboxylic acids is 2. The summed E-state index contributed by atoms with van der Waals surface area (Å²) in [5.41, 5.74) is 0.433. The van der Waals surface area contributed by atoms with Gasteiger partial charge >= 0.3 is 0 Å². The Labute approximate surface area is 167 Å². The van der Waals surface area contributed by atoms with E-state index in [0.717, 1.165) is 5.39 Å². The fourth-order valence-corrected chi connectivity index (χ4v) is 3.67. The van der Waals surface area contributed by atoms with Crippen LogP contribution in [0.25, 0.3) is 10.8 Å². The number of nitrogens with zero attached hydrogens (tertiary/aromatic N) is 4. The molecular weight excluding hydrogens is 372 g/mol. The summed E-state index contributed by atoms with van der Waals surface area (Å²) in [6, 6.07) is 10.6. The second kappa shape index (κ2) is 7.90. The Morgan fingerprint density at radius 3 is 2.48 bits per heavy atom. The van der Waals surface area contributed by atoms with Gasteiger partial charge in [0.15, 0.2) is 5.76 Å². The maximum atomic E-state index is 12.8. The first kappa shape index (κ1) is 18.9. The molecule has 1 aliphatic rings. The minimum absolute atomic E-state index is 0.114. The molecule has 3 heterocycles. The Kier molecular flexibility index (Phi) is 5.16. The Hall–Kier alpha value is -3.42. The van der Waals surface area contributed by atoms with Crippen LogP contribution < -0.4 is 5.56 Å². The van der Waals surface area contributed by atoms with E-state index >= 15 is 0 Å². The van der Waals surface area contributed by atoms with Gasteiger partial charge in [-0.1, -0.05) is 18.2 Å². The Balaban J connectivity index is 1.47. The highest BCUT2D eigenvalue weighted by atomic mass is 16.3. The lowest BCUT2D eigenvalue weighted by Gasteiger charge is -2.22. The number of carbonyl (C=O) groups is 2. The average molecular weight is 394 g/mol. The molecule has 1 saturated heterocycles. The van der Waals surface area contributed by atoms with Crippen molar-refractivity contribution < 1.29 is 14.0 Å². The van der Waals surface area contributed by atoms with E-state index < -0.39 is 0 Å². The van der Waals surface area contributed by atoms with Crippen LogP contribution >= 0.6 is 0 Å². The molecule has 0 aliphatic carbocycles. The van der Waals surface area contributed by atoms with Gasteiger partial charge < -0.3 is 14.2 Å². The van der Waals surface area contributed by atoms with Crippen LogP contribution in [0.5, 0.6) is 0 Å². The smallest absolute Gasteiger partial charge is 0.289 e. The van der Waals surface area contributed by atoms with E-state index in [9.17, 15) is 14.4 Å². The van der Waals surface area contributed by atoms with Crippen molar-refractivity contribution in [3.05, 3.63) is 64.5 Å². The van der Waals surface area contributed by atoms with Crippen LogP contribution in [0.3, 0.4) is 0 Å². The van der Waals surface area contributed by atoms with Crippen molar-refractivity contribution in [2.45, 2.75) is 19.9 Å². The molecule has 29 heavy (non-hydrogen) atoms. The van der Waals surface area contributed by atoms with Crippen molar-refractivity contribution in [2.24, 2.45) is 0 Å². The quantitative estimate of drug-likeness (QED) is 0.674. The molecule has 0 atom stereocenters. The molecular formula is C21H22N4O4. The number of rotatable bonds is 3. The SMILES string of the molecule is Cc1nn(CC(=O)N2CCCN(C(=O)c3ccco3)CC2)c(=O)c2ccccc12. The first-order valence-electron chi connectivity index (χ1n) is 9.61. The van der Waals surface area contributed by atoms with Crippen molar-refractivity contribution in [3.8, 4) is 0 Å². The number of aromatic nitrogens is 2. The van der Waals surface area contributed by atoms with Gasteiger partial charge in [0.1, 0.15) is 6.54 Å². The van der Waals surface area contributed by atoms with Crippen LogP contribution in [0, 0.1) is 6.92 Å². The van der Waals surface area contributed by atoms with E-state index in [1.807, 2.05) is 19.1 Å². The predicted molar refractivity (Wildman–Crippen MR) is 107 cm³/mol. The zero-order valence-corrected chi connectivity index (χ0v) is 16.2. The molecule has 0 unspecified atom stereocenters. The topological polar surface area (TPSA) is 88.7 Å². The Morgan fingerprint density at radius 1 is 1.00 bits per heavy atom. The number of benzene rings is 1. The van der Waals surface area contributed by atoms with Gasteiger partial charge in [-0.25, -0.2) is 4.68 Å². The molecule has 8 nitrogen and oxygen atoms in total. The second-order valence-electron chi connectivity index (χ2n) is 7.10. The molecule has 2 aromatic heterocycles. The van der Waals surface area contributed by atoms with Crippen molar-refractivity contribution in [1.82, 2.24) is 19.6 Å². The number of hydrogen-bond donors (Lipinski definition) is 0. The van der Waals surface area contributed by atoms with Crippen molar-refractivity contribution in [2.75, 3.05) is 26.2 Å². The van der Waals surface area contributed by atoms with Crippen LogP contribution in [-0.4, -0.2) is 57.6 Å². The summed E-state index contributed by atoms with van der Waals surface area (Å²) in [7, 11) is 0. The normalized spacial score (nSPS) is 14.8. The Bertz CT molecular complexity index is 1100. The molecule has 0 bridgehead atoms. The molecule has 0 spiro atoms. The van der Waals surface area contributed by atoms with Gasteiger partial charge in [-0.15, -0.1) is 0 Å². The van der Waals surface area contributed by atoms with Crippen LogP contribution in [0.4, 0.5) is 0 Å². The van der Waals surface area contributed by atoms with Gasteiger partial charge in [-0.3, -0.25) is 14.4 Å². The van der Waals surface area contributed by atoms with E-state index in [-0.39, 0.29) is 23.9 Å². The summed E-state index contributed by atoms with van der Waals surface area (Å²) < 4.78 is 6.42. The third kappa shape index (κ3) is 3.78. The van der Waals surface area contributed by atoms with Gasteiger partial charge in [0.2, 0.25) is 5.91 Å². The third-order valence-electron chi connectivity index (χ3n) is 5.21. The summed E-state index contributed by atoms with van der Waals surface area (Å²) in [4.78, 5) is 41.4. The molecule has 0 radical (unpaired) electrons. The Morgan fingerprint density at radius 2 is 1.72 bits per heavy atom. The molecule has 0 saturated carbocycles. The molecule has 1 fully saturated rings. The molecule has 8 heteroatoms. The number of furan rings is 1. The van der Waals surface area contributed by atoms with E-state index in [4.69, 9.17) is 4.42 Å². The highest BCUT2D eigenvalue weighted by Gasteiger charge is 2.24. The maximum absolute atomic E-state index is 12.8. The lowest BCUT2D eigenvalue weighted by molar-refractivity contribution is -0.132. The molecule has 4 rings (SSSR count). The average Bonchev–Trinajstić information content (AvgIpc) is 3.15. The number of amides is 2. The zero-order valence-electron chi connectivity index (χ0n) is 16.2. The molecule has 1 aliphatic heterocycles. The molecule has 3 aromatic rings. The lowest BCUT2D eigenvalue weighted by atomic mass is 10.1. The second-order valence-corrected chi connectivity index (χ2v) is 7.10. The van der Waals surface area contributed by atoms with Gasteiger partial charge in [-0.2, -0.15) is 5.10 Å². The van der Waals surface area contributed by atoms with E-state index in [1.165, 1.54) is 10.9 Å². The first-order valence-corrected chi connectivity index (χ1v) is 9.61. The fourth-order valence-electron chi connectivity index (χ4n) is 3.67. The van der Waals surface area contributed by atoms with Gasteiger partial charge in [0.25, 0.3) is 11.5 Å². The van der Waals surface area contributed by atoms with E-state index in [1.54, 1.807) is 34.1 Å². The van der Waals surface area contributed by atoms with Crippen LogP contribution in [0.1, 0.15) is 22.7 Å². The van der Waals surface area contributed by atoms with E-state index in [0.29, 0.717) is 49.4 Å². The largest absolute Gasteiger partial charge is 0.459 e. The number of fused-ring (bicyclic) bond motifs is 1. The number of aryl methyl sites for hydroxylation is 1. The monoisotopic (exact) mass is 394 g/mol. The standard InChI is InChI=1S/C21H22N4O4/c1-15-16-6-2-3-7-17(16)20(27)25(22-15)14-19(26)23-9-5-10-24(12-11-23)21(28)18-8-4-13-29-18/h2-4,6-8,13H,5,9-12,14H2,1H3. The maximum Gasteiger partial charge on any atom is 0.289 e. The third-order valence-corrected chi connectivity index (χ3v) is 5.21. The van der Waals surface area contributed by atoms with Crippen LogP contribution in [-0.2, 0) is 11.3 Å². The van der Waals surface area contributed by atoms with Crippen molar-refractivity contribution in [1.29, 1.82) is 0 Å². The fraction of sp³-hybridized carbons (Fsp3) is 0.333. The minimum Gasteiger partial charge on any atom is -0.459 e. The van der Waals surface area contributed by atoms with Crippen molar-refractivity contribution >= 4 is 22.6 Å². The van der Waals surface area contributed by atoms with Crippen LogP contribution in [0.2, 0.25) is 0 Å². The molecule has 0 N–H and O–H groups in total. The highest BCUT2D eigenvalue weighted by Crippen LogP contribution is 2.13. The predicted octanol–water partition coefficient (Wildman–Crippen LogP) is 1.67. The summed E-state index contributed by atoms with van der Waals surface area (Å²) in [5, 5.41) is 5.66. The minimum atomic E-state index is -0.274. The van der Waals surface area contributed by atoms with E-state index in [2.05, 4.69) is 5.10 Å². The van der Waals surface area contributed by atoms with Crippen LogP contribution in [0.15, 0.2) is 51.9 Å². The van der Waals surface area contributed by atoms with Crippen molar-refractivity contribution in [3.63, 3.8) is 0 Å². The molecule has 2 amide bonds. The summed E-state index contributed by atoms with van der Waals surface area (Å²) in [6.45, 7) is 3.62. The first-order chi connectivity index (χ1) is 14.0. The van der Waals surface area contributed by atoms with Gasteiger partial charge in [-0.05, 0) is 31.5 Å². The summed E-state index contributed by atoms with van der Waals surface area (Å²) in [5.74, 6) is -0.0546. The van der Waals surface area contributed by atoms with Gasteiger partial charge in [0.05, 0.1) is 17.3 Å². The zero-order chi connectivity index (χ0) is 20.4. The van der Waals surface area contributed by atoms with Gasteiger partial charge in [0, 0.05) is 31.6 Å². The number of hydrogen-bond acceptors (Lipinski definition) is 5. The highest BCUT2D eigenvalue weighted by molar-refractivity contribution is 5.91.